The fraction of sp³-hybridized carbons (Fsp3) is 0.970. The van der Waals surface area contributed by atoms with Crippen LogP contribution in [-0.2, 0) is 19.0 Å². The number of hydrogen-bond acceptors (Lipinski definition) is 4. The van der Waals surface area contributed by atoms with Crippen molar-refractivity contribution in [1.29, 1.82) is 0 Å². The Morgan fingerprint density at radius 2 is 0.919 bits per heavy atom. The normalized spacial score (nSPS) is 37.2. The van der Waals surface area contributed by atoms with E-state index in [0.29, 0.717) is 12.2 Å². The van der Waals surface area contributed by atoms with Crippen LogP contribution in [0.25, 0.3) is 0 Å². The summed E-state index contributed by atoms with van der Waals surface area (Å²) in [6.07, 6.45) is 25.6. The molecule has 0 aromatic rings. The van der Waals surface area contributed by atoms with Gasteiger partial charge in [0.05, 0.1) is 18.1 Å². The molecule has 37 heavy (non-hydrogen) atoms. The number of esters is 1. The molecule has 0 atom stereocenters. The van der Waals surface area contributed by atoms with E-state index in [1.54, 1.807) is 0 Å². The second kappa shape index (κ2) is 15.8. The van der Waals surface area contributed by atoms with Gasteiger partial charge in [0.1, 0.15) is 6.10 Å². The summed E-state index contributed by atoms with van der Waals surface area (Å²) < 4.78 is 18.3. The smallest absolute Gasteiger partial charge is 0.309 e. The second-order valence-corrected chi connectivity index (χ2v) is 13.5. The molecule has 214 valence electrons. The van der Waals surface area contributed by atoms with Crippen LogP contribution in [0.15, 0.2) is 0 Å². The number of unbranched alkanes of at least 4 members (excludes halogenated alkanes) is 3. The zero-order chi connectivity index (χ0) is 25.9. The molecule has 4 heteroatoms. The van der Waals surface area contributed by atoms with Crippen LogP contribution in [0.1, 0.15) is 142 Å². The van der Waals surface area contributed by atoms with Crippen LogP contribution in [0.4, 0.5) is 0 Å². The summed E-state index contributed by atoms with van der Waals surface area (Å²) in [7, 11) is 0. The molecule has 0 bridgehead atoms. The summed E-state index contributed by atoms with van der Waals surface area (Å²) >= 11 is 0. The largest absolute Gasteiger partial charge is 0.462 e. The predicted molar refractivity (Wildman–Crippen MR) is 150 cm³/mol. The third-order valence-corrected chi connectivity index (χ3v) is 10.4. The third-order valence-electron chi connectivity index (χ3n) is 10.4. The van der Waals surface area contributed by atoms with Crippen LogP contribution >= 0.6 is 0 Å². The zero-order valence-electron chi connectivity index (χ0n) is 24.3. The minimum absolute atomic E-state index is 0.0714. The molecular weight excluding hydrogens is 460 g/mol. The van der Waals surface area contributed by atoms with Crippen LogP contribution in [0.5, 0.6) is 0 Å². The maximum absolute atomic E-state index is 12.5. The highest BCUT2D eigenvalue weighted by atomic mass is 16.5. The van der Waals surface area contributed by atoms with Crippen LogP contribution in [0.3, 0.4) is 0 Å². The Balaban J connectivity index is 0.937. The fourth-order valence-corrected chi connectivity index (χ4v) is 7.61. The zero-order valence-corrected chi connectivity index (χ0v) is 24.3. The highest BCUT2D eigenvalue weighted by Crippen LogP contribution is 2.40. The van der Waals surface area contributed by atoms with Crippen molar-refractivity contribution >= 4 is 5.97 Å². The van der Waals surface area contributed by atoms with Gasteiger partial charge in [-0.3, -0.25) is 4.79 Å². The van der Waals surface area contributed by atoms with Gasteiger partial charge >= 0.3 is 5.97 Å². The van der Waals surface area contributed by atoms with E-state index < -0.39 is 0 Å². The maximum Gasteiger partial charge on any atom is 0.309 e. The van der Waals surface area contributed by atoms with Crippen molar-refractivity contribution in [2.45, 2.75) is 161 Å². The molecule has 4 nitrogen and oxygen atoms in total. The van der Waals surface area contributed by atoms with Gasteiger partial charge < -0.3 is 14.2 Å². The van der Waals surface area contributed by atoms with E-state index >= 15 is 0 Å². The molecule has 0 N–H and O–H groups in total. The first-order valence-corrected chi connectivity index (χ1v) is 16.5. The van der Waals surface area contributed by atoms with Crippen LogP contribution < -0.4 is 0 Å². The molecule has 4 rings (SSSR count). The lowest BCUT2D eigenvalue weighted by molar-refractivity contribution is -0.158. The van der Waals surface area contributed by atoms with Gasteiger partial charge in [-0.1, -0.05) is 39.5 Å². The van der Waals surface area contributed by atoms with Crippen molar-refractivity contribution in [3.05, 3.63) is 0 Å². The molecule has 0 amide bonds. The molecular formula is C33H58O4. The highest BCUT2D eigenvalue weighted by Gasteiger charge is 2.31. The van der Waals surface area contributed by atoms with Crippen molar-refractivity contribution in [1.82, 2.24) is 0 Å². The lowest BCUT2D eigenvalue weighted by Gasteiger charge is -2.37. The molecule has 0 saturated heterocycles. The van der Waals surface area contributed by atoms with Gasteiger partial charge in [0.15, 0.2) is 0 Å². The number of carbonyl (C=O) groups excluding carboxylic acids is 1. The quantitative estimate of drug-likeness (QED) is 0.191. The van der Waals surface area contributed by atoms with Gasteiger partial charge in [0, 0.05) is 13.2 Å². The molecule has 0 radical (unpaired) electrons. The molecule has 0 aliphatic heterocycles. The average Bonchev–Trinajstić information content (AvgIpc) is 2.92. The van der Waals surface area contributed by atoms with E-state index in [9.17, 15) is 4.79 Å². The summed E-state index contributed by atoms with van der Waals surface area (Å²) in [5.41, 5.74) is 0. The number of ether oxygens (including phenoxy) is 3. The fourth-order valence-electron chi connectivity index (χ4n) is 7.61. The molecule has 0 spiro atoms. The highest BCUT2D eigenvalue weighted by molar-refractivity contribution is 5.72. The standard InChI is InChI=1S/C33H58O4/c1-25-7-11-27(12-8-25)28-15-17-30(18-16-28)35-23-5-3-4-6-24-36-31-19-21-32(22-20-31)37-33(34)29-13-9-26(2)10-14-29/h25-32H,3-24H2,1-2H3. The Bertz CT molecular complexity index is 618. The first kappa shape index (κ1) is 29.4. The van der Waals surface area contributed by atoms with E-state index in [1.165, 1.54) is 83.5 Å². The van der Waals surface area contributed by atoms with Crippen LogP contribution in [0.2, 0.25) is 0 Å². The number of carbonyl (C=O) groups is 1. The molecule has 0 aromatic carbocycles. The summed E-state index contributed by atoms with van der Waals surface area (Å²) in [6.45, 7) is 6.54. The number of rotatable bonds is 12. The van der Waals surface area contributed by atoms with Crippen molar-refractivity contribution in [2.24, 2.45) is 29.6 Å². The summed E-state index contributed by atoms with van der Waals surface area (Å²) in [6, 6.07) is 0. The molecule has 4 aliphatic rings. The molecule has 4 fully saturated rings. The van der Waals surface area contributed by atoms with Crippen molar-refractivity contribution in [3.8, 4) is 0 Å². The molecule has 4 aliphatic carbocycles. The van der Waals surface area contributed by atoms with Gasteiger partial charge in [0.25, 0.3) is 0 Å². The monoisotopic (exact) mass is 518 g/mol. The minimum Gasteiger partial charge on any atom is -0.462 e. The van der Waals surface area contributed by atoms with E-state index in [1.807, 2.05) is 0 Å². The minimum atomic E-state index is 0.0714. The maximum atomic E-state index is 12.5. The molecule has 0 aromatic heterocycles. The Morgan fingerprint density at radius 1 is 0.514 bits per heavy atom. The molecule has 0 heterocycles. The Hall–Kier alpha value is -0.610. The topological polar surface area (TPSA) is 44.8 Å². The van der Waals surface area contributed by atoms with Crippen molar-refractivity contribution in [2.75, 3.05) is 13.2 Å². The van der Waals surface area contributed by atoms with Gasteiger partial charge in [-0.25, -0.2) is 0 Å². The van der Waals surface area contributed by atoms with E-state index in [-0.39, 0.29) is 18.0 Å². The molecule has 0 unspecified atom stereocenters. The van der Waals surface area contributed by atoms with Gasteiger partial charge in [-0.15, -0.1) is 0 Å². The average molecular weight is 519 g/mol. The van der Waals surface area contributed by atoms with Crippen LogP contribution in [0, 0.1) is 29.6 Å². The van der Waals surface area contributed by atoms with Crippen molar-refractivity contribution < 1.29 is 19.0 Å². The van der Waals surface area contributed by atoms with E-state index in [4.69, 9.17) is 14.2 Å². The predicted octanol–water partition coefficient (Wildman–Crippen LogP) is 8.65. The lowest BCUT2D eigenvalue weighted by Crippen LogP contribution is -2.31. The van der Waals surface area contributed by atoms with Gasteiger partial charge in [-0.2, -0.15) is 0 Å². The molecule has 4 saturated carbocycles. The first-order chi connectivity index (χ1) is 18.1. The summed E-state index contributed by atoms with van der Waals surface area (Å²) in [4.78, 5) is 12.5. The Morgan fingerprint density at radius 3 is 1.43 bits per heavy atom. The Labute approximate surface area is 228 Å². The van der Waals surface area contributed by atoms with Gasteiger partial charge in [0.2, 0.25) is 0 Å². The SMILES string of the molecule is CC1CCC(C(=O)OC2CCC(OCCCCCCOC3CCC(C4CCC(C)CC4)CC3)CC2)CC1. The van der Waals surface area contributed by atoms with Gasteiger partial charge in [-0.05, 0) is 126 Å². The third kappa shape index (κ3) is 10.1. The number of hydrogen-bond donors (Lipinski definition) is 0. The van der Waals surface area contributed by atoms with Crippen LogP contribution in [-0.4, -0.2) is 37.5 Å². The lowest BCUT2D eigenvalue weighted by atomic mass is 9.71. The van der Waals surface area contributed by atoms with Crippen molar-refractivity contribution in [3.63, 3.8) is 0 Å². The second-order valence-electron chi connectivity index (χ2n) is 13.5. The van der Waals surface area contributed by atoms with E-state index in [0.717, 1.165) is 81.8 Å². The Kier molecular flexibility index (Phi) is 12.6. The first-order valence-electron chi connectivity index (χ1n) is 16.5. The summed E-state index contributed by atoms with van der Waals surface area (Å²) in [5, 5.41) is 0. The summed E-state index contributed by atoms with van der Waals surface area (Å²) in [5.74, 6) is 3.97. The van der Waals surface area contributed by atoms with E-state index in [2.05, 4.69) is 13.8 Å².